The second kappa shape index (κ2) is 8.78. The molecule has 0 bridgehead atoms. The zero-order valence-corrected chi connectivity index (χ0v) is 12.3. The molecule has 1 aromatic heterocycles. The van der Waals surface area contributed by atoms with E-state index in [-0.39, 0.29) is 30.5 Å². The zero-order valence-electron chi connectivity index (χ0n) is 12.3. The monoisotopic (exact) mass is 296 g/mol. The van der Waals surface area contributed by atoms with Gasteiger partial charge in [-0.05, 0) is 25.5 Å². The number of hydrogen-bond donors (Lipinski definition) is 1. The molecule has 7 heteroatoms. The zero-order chi connectivity index (χ0) is 15.7. The predicted molar refractivity (Wildman–Crippen MR) is 74.5 cm³/mol. The number of methoxy groups -OCH3 is 1. The second-order valence-electron chi connectivity index (χ2n) is 4.32. The number of amides is 2. The largest absolute Gasteiger partial charge is 0.468 e. The summed E-state index contributed by atoms with van der Waals surface area (Å²) in [6.07, 6.45) is 2.16. The van der Waals surface area contributed by atoms with Crippen LogP contribution in [-0.4, -0.2) is 49.4 Å². The molecule has 0 saturated heterocycles. The van der Waals surface area contributed by atoms with Crippen molar-refractivity contribution in [3.8, 4) is 0 Å². The van der Waals surface area contributed by atoms with Crippen LogP contribution in [0.2, 0.25) is 0 Å². The summed E-state index contributed by atoms with van der Waals surface area (Å²) < 4.78 is 9.48. The molecule has 1 aromatic rings. The normalized spacial score (nSPS) is 10.0. The highest BCUT2D eigenvalue weighted by Gasteiger charge is 2.15. The van der Waals surface area contributed by atoms with Gasteiger partial charge in [-0.2, -0.15) is 0 Å². The maximum atomic E-state index is 11.9. The number of carbonyl (C=O) groups excluding carboxylic acids is 3. The smallest absolute Gasteiger partial charge is 0.325 e. The number of hydrogen-bond acceptors (Lipinski definition) is 5. The van der Waals surface area contributed by atoms with Crippen LogP contribution in [0.1, 0.15) is 30.3 Å². The van der Waals surface area contributed by atoms with Gasteiger partial charge in [0.15, 0.2) is 5.76 Å². The maximum Gasteiger partial charge on any atom is 0.325 e. The molecule has 0 saturated carbocycles. The molecule has 0 fully saturated rings. The molecule has 21 heavy (non-hydrogen) atoms. The lowest BCUT2D eigenvalue weighted by atomic mass is 10.2. The molecule has 1 heterocycles. The summed E-state index contributed by atoms with van der Waals surface area (Å²) in [6, 6.07) is 3.19. The molecule has 1 rings (SSSR count). The van der Waals surface area contributed by atoms with E-state index in [1.165, 1.54) is 18.3 Å². The number of furan rings is 1. The molecule has 0 atom stereocenters. The third-order valence-electron chi connectivity index (χ3n) is 2.88. The van der Waals surface area contributed by atoms with Crippen LogP contribution in [0.25, 0.3) is 0 Å². The first-order valence-electron chi connectivity index (χ1n) is 6.74. The quantitative estimate of drug-likeness (QED) is 0.566. The van der Waals surface area contributed by atoms with E-state index in [2.05, 4.69) is 10.1 Å². The summed E-state index contributed by atoms with van der Waals surface area (Å²) in [5.41, 5.74) is 0. The molecule has 116 valence electrons. The molecule has 1 N–H and O–H groups in total. The van der Waals surface area contributed by atoms with E-state index in [0.717, 1.165) is 0 Å². The van der Waals surface area contributed by atoms with E-state index in [9.17, 15) is 14.4 Å². The van der Waals surface area contributed by atoms with Crippen molar-refractivity contribution < 1.29 is 23.5 Å². The highest BCUT2D eigenvalue weighted by Crippen LogP contribution is 2.01. The minimum absolute atomic E-state index is 0.0510. The molecule has 0 radical (unpaired) electrons. The topological polar surface area (TPSA) is 88.9 Å². The first kappa shape index (κ1) is 16.7. The number of rotatable bonds is 8. The van der Waals surface area contributed by atoms with E-state index >= 15 is 0 Å². The fraction of sp³-hybridized carbons (Fsp3) is 0.500. The maximum absolute atomic E-state index is 11.9. The molecule has 7 nitrogen and oxygen atoms in total. The van der Waals surface area contributed by atoms with Gasteiger partial charge >= 0.3 is 5.97 Å². The third kappa shape index (κ3) is 5.68. The van der Waals surface area contributed by atoms with Gasteiger partial charge in [0, 0.05) is 19.5 Å². The summed E-state index contributed by atoms with van der Waals surface area (Å²) >= 11 is 0. The van der Waals surface area contributed by atoms with Gasteiger partial charge in [-0.25, -0.2) is 0 Å². The molecule has 0 spiro atoms. The highest BCUT2D eigenvalue weighted by molar-refractivity contribution is 5.91. The first-order chi connectivity index (χ1) is 10.1. The first-order valence-corrected chi connectivity index (χ1v) is 6.74. The number of likely N-dealkylation sites (N-methyl/N-ethyl adjacent to an activating group) is 1. The summed E-state index contributed by atoms with van der Waals surface area (Å²) in [6.45, 7) is 2.54. The lowest BCUT2D eigenvalue weighted by molar-refractivity contribution is -0.146. The Labute approximate surface area is 123 Å². The van der Waals surface area contributed by atoms with Crippen LogP contribution in [0.3, 0.4) is 0 Å². The fourth-order valence-corrected chi connectivity index (χ4v) is 1.69. The van der Waals surface area contributed by atoms with E-state index in [1.807, 2.05) is 0 Å². The summed E-state index contributed by atoms with van der Waals surface area (Å²) in [4.78, 5) is 36.0. The Kier molecular flexibility index (Phi) is 7.00. The van der Waals surface area contributed by atoms with Gasteiger partial charge < -0.3 is 19.4 Å². The van der Waals surface area contributed by atoms with Gasteiger partial charge in [0.1, 0.15) is 6.54 Å². The van der Waals surface area contributed by atoms with Crippen molar-refractivity contribution in [2.75, 3.05) is 26.7 Å². The molecule has 0 aliphatic heterocycles. The van der Waals surface area contributed by atoms with Gasteiger partial charge in [-0.3, -0.25) is 14.4 Å². The van der Waals surface area contributed by atoms with Crippen molar-refractivity contribution in [2.45, 2.75) is 19.8 Å². The third-order valence-corrected chi connectivity index (χ3v) is 2.88. The van der Waals surface area contributed by atoms with E-state index in [1.54, 1.807) is 19.1 Å². The summed E-state index contributed by atoms with van der Waals surface area (Å²) in [5, 5.41) is 2.65. The molecule has 0 unspecified atom stereocenters. The Balaban J connectivity index is 2.26. The highest BCUT2D eigenvalue weighted by atomic mass is 16.5. The molecule has 0 aliphatic carbocycles. The fourth-order valence-electron chi connectivity index (χ4n) is 1.69. The average Bonchev–Trinajstić information content (AvgIpc) is 3.02. The van der Waals surface area contributed by atoms with Crippen LogP contribution in [0.4, 0.5) is 0 Å². The van der Waals surface area contributed by atoms with Gasteiger partial charge in [0.25, 0.3) is 5.91 Å². The van der Waals surface area contributed by atoms with Crippen LogP contribution in [-0.2, 0) is 14.3 Å². The van der Waals surface area contributed by atoms with Crippen molar-refractivity contribution in [3.63, 3.8) is 0 Å². The Hall–Kier alpha value is -2.31. The minimum atomic E-state index is -0.448. The van der Waals surface area contributed by atoms with Gasteiger partial charge in [-0.15, -0.1) is 0 Å². The number of esters is 1. The van der Waals surface area contributed by atoms with E-state index in [0.29, 0.717) is 19.5 Å². The summed E-state index contributed by atoms with van der Waals surface area (Å²) in [7, 11) is 1.28. The number of nitrogens with one attached hydrogen (secondary N) is 1. The Morgan fingerprint density at radius 2 is 2.14 bits per heavy atom. The van der Waals surface area contributed by atoms with Crippen LogP contribution >= 0.6 is 0 Å². The predicted octanol–water partition coefficient (Wildman–Crippen LogP) is 0.811. The molecular weight excluding hydrogens is 276 g/mol. The van der Waals surface area contributed by atoms with Gasteiger partial charge in [0.2, 0.25) is 5.91 Å². The van der Waals surface area contributed by atoms with Crippen LogP contribution < -0.4 is 5.32 Å². The SMILES string of the molecule is CCN(CC(=O)OC)C(=O)CCCNC(=O)c1ccco1. The number of ether oxygens (including phenoxy) is 1. The van der Waals surface area contributed by atoms with Crippen molar-refractivity contribution in [3.05, 3.63) is 24.2 Å². The van der Waals surface area contributed by atoms with Gasteiger partial charge in [0.05, 0.1) is 13.4 Å². The Morgan fingerprint density at radius 1 is 1.38 bits per heavy atom. The molecular formula is C14H20N2O5. The Bertz CT molecular complexity index is 470. The van der Waals surface area contributed by atoms with E-state index in [4.69, 9.17) is 4.42 Å². The van der Waals surface area contributed by atoms with E-state index < -0.39 is 5.97 Å². The second-order valence-corrected chi connectivity index (χ2v) is 4.32. The lowest BCUT2D eigenvalue weighted by Gasteiger charge is -2.19. The van der Waals surface area contributed by atoms with Crippen LogP contribution in [0.5, 0.6) is 0 Å². The lowest BCUT2D eigenvalue weighted by Crippen LogP contribution is -2.36. The summed E-state index contributed by atoms with van der Waals surface area (Å²) in [5.74, 6) is -0.664. The average molecular weight is 296 g/mol. The van der Waals surface area contributed by atoms with Crippen molar-refractivity contribution in [1.82, 2.24) is 10.2 Å². The van der Waals surface area contributed by atoms with Crippen LogP contribution in [0.15, 0.2) is 22.8 Å². The molecule has 0 aliphatic rings. The van der Waals surface area contributed by atoms with Gasteiger partial charge in [-0.1, -0.05) is 0 Å². The number of nitrogens with zero attached hydrogens (tertiary/aromatic N) is 1. The van der Waals surface area contributed by atoms with Crippen molar-refractivity contribution in [2.24, 2.45) is 0 Å². The Morgan fingerprint density at radius 3 is 2.71 bits per heavy atom. The van der Waals surface area contributed by atoms with Crippen LogP contribution in [0, 0.1) is 0 Å². The van der Waals surface area contributed by atoms with Crippen molar-refractivity contribution in [1.29, 1.82) is 0 Å². The molecule has 0 aromatic carbocycles. The standard InChI is InChI=1S/C14H20N2O5/c1-3-16(10-13(18)20-2)12(17)7-4-8-15-14(19)11-6-5-9-21-11/h5-6,9H,3-4,7-8,10H2,1-2H3,(H,15,19). The number of carbonyl (C=O) groups is 3. The van der Waals surface area contributed by atoms with Crippen molar-refractivity contribution >= 4 is 17.8 Å². The molecule has 2 amide bonds. The minimum Gasteiger partial charge on any atom is -0.468 e.